The van der Waals surface area contributed by atoms with Crippen molar-refractivity contribution in [3.05, 3.63) is 41.6 Å². The number of anilines is 1. The van der Waals surface area contributed by atoms with Crippen molar-refractivity contribution in [2.45, 2.75) is 71.8 Å². The molecule has 0 bridgehead atoms. The molecule has 3 aromatic rings. The number of fused-ring (bicyclic) bond motifs is 5. The van der Waals surface area contributed by atoms with Gasteiger partial charge in [0.1, 0.15) is 5.75 Å². The fourth-order valence-corrected chi connectivity index (χ4v) is 5.39. The van der Waals surface area contributed by atoms with Crippen LogP contribution in [0.4, 0.5) is 5.69 Å². The van der Waals surface area contributed by atoms with E-state index in [1.165, 1.54) is 65.3 Å². The van der Waals surface area contributed by atoms with E-state index in [9.17, 15) is 0 Å². The quantitative estimate of drug-likeness (QED) is 0.279. The number of aryl methyl sites for hydroxylation is 3. The number of hydrogen-bond acceptors (Lipinski definition) is 4. The Kier molecular flexibility index (Phi) is 6.80. The first-order valence-corrected chi connectivity index (χ1v) is 13.0. The third-order valence-corrected chi connectivity index (χ3v) is 7.20. The molecule has 0 fully saturated rings. The average molecular weight is 462 g/mol. The molecule has 0 amide bonds. The van der Waals surface area contributed by atoms with E-state index in [0.717, 1.165) is 55.3 Å². The Morgan fingerprint density at radius 1 is 0.971 bits per heavy atom. The maximum absolute atomic E-state index is 5.80. The minimum atomic E-state index is 0.311. The molecule has 1 aromatic heterocycles. The second kappa shape index (κ2) is 10.1. The Balaban J connectivity index is 1.64. The number of methoxy groups -OCH3 is 1. The first-order valence-electron chi connectivity index (χ1n) is 13.0. The molecule has 0 saturated carbocycles. The number of nitrogens with one attached hydrogen (secondary N) is 1. The molecule has 5 nitrogen and oxygen atoms in total. The number of nitrogens with zero attached hydrogens (tertiary/aromatic N) is 1. The van der Waals surface area contributed by atoms with Gasteiger partial charge < -0.3 is 19.5 Å². The molecule has 3 heterocycles. The maximum atomic E-state index is 5.80. The Morgan fingerprint density at radius 2 is 1.79 bits per heavy atom. The predicted molar refractivity (Wildman–Crippen MR) is 137 cm³/mol. The summed E-state index contributed by atoms with van der Waals surface area (Å²) >= 11 is 0. The molecular weight excluding hydrogens is 424 g/mol. The summed E-state index contributed by atoms with van der Waals surface area (Å²) < 4.78 is 19.7. The van der Waals surface area contributed by atoms with Gasteiger partial charge in [-0.05, 0) is 54.5 Å². The highest BCUT2D eigenvalue weighted by Crippen LogP contribution is 2.43. The van der Waals surface area contributed by atoms with Crippen LogP contribution in [-0.2, 0) is 19.4 Å². The van der Waals surface area contributed by atoms with E-state index in [4.69, 9.17) is 14.2 Å². The summed E-state index contributed by atoms with van der Waals surface area (Å²) in [6.45, 7) is 6.76. The van der Waals surface area contributed by atoms with E-state index in [0.29, 0.717) is 6.79 Å². The molecule has 2 aliphatic heterocycles. The first kappa shape index (κ1) is 22.8. The lowest BCUT2D eigenvalue weighted by atomic mass is 9.89. The van der Waals surface area contributed by atoms with Crippen molar-refractivity contribution in [3.63, 3.8) is 0 Å². The molecule has 5 rings (SSSR count). The van der Waals surface area contributed by atoms with Crippen molar-refractivity contribution in [3.8, 4) is 28.5 Å². The Bertz CT molecular complexity index is 1190. The molecule has 1 N–H and O–H groups in total. The largest absolute Gasteiger partial charge is 0.495 e. The molecule has 180 valence electrons. The van der Waals surface area contributed by atoms with Crippen LogP contribution in [0.2, 0.25) is 0 Å². The highest BCUT2D eigenvalue weighted by molar-refractivity contribution is 6.00. The van der Waals surface area contributed by atoms with Crippen LogP contribution in [0.15, 0.2) is 30.5 Å². The van der Waals surface area contributed by atoms with Crippen LogP contribution in [0.25, 0.3) is 22.0 Å². The molecule has 5 heteroatoms. The van der Waals surface area contributed by atoms with Gasteiger partial charge in [-0.3, -0.25) is 0 Å². The molecule has 0 unspecified atom stereocenters. The van der Waals surface area contributed by atoms with E-state index in [1.807, 2.05) is 0 Å². The zero-order valence-corrected chi connectivity index (χ0v) is 20.8. The molecular formula is C29H37N2O3+. The molecule has 2 aromatic carbocycles. The molecule has 34 heavy (non-hydrogen) atoms. The molecule has 0 radical (unpaired) electrons. The summed E-state index contributed by atoms with van der Waals surface area (Å²) in [6.07, 6.45) is 11.7. The Morgan fingerprint density at radius 3 is 2.59 bits per heavy atom. The lowest BCUT2D eigenvalue weighted by molar-refractivity contribution is -0.686. The van der Waals surface area contributed by atoms with Crippen molar-refractivity contribution in [1.82, 2.24) is 0 Å². The fourth-order valence-electron chi connectivity index (χ4n) is 5.39. The van der Waals surface area contributed by atoms with Crippen LogP contribution < -0.4 is 24.1 Å². The maximum Gasteiger partial charge on any atom is 0.231 e. The van der Waals surface area contributed by atoms with E-state index in [-0.39, 0.29) is 0 Å². The summed E-state index contributed by atoms with van der Waals surface area (Å²) in [5.41, 5.74) is 6.52. The SMILES string of the molecule is CCCCCCNc1c(OC)ccc2c(CCCC)c3[n+](cc12)CCc1cc2c(cc1-3)OCO2. The van der Waals surface area contributed by atoms with Crippen molar-refractivity contribution in [1.29, 1.82) is 0 Å². The third-order valence-electron chi connectivity index (χ3n) is 7.20. The summed E-state index contributed by atoms with van der Waals surface area (Å²) in [5, 5.41) is 6.31. The second-order valence-electron chi connectivity index (χ2n) is 9.46. The summed E-state index contributed by atoms with van der Waals surface area (Å²) in [4.78, 5) is 0. The van der Waals surface area contributed by atoms with Crippen LogP contribution in [0.1, 0.15) is 63.5 Å². The van der Waals surface area contributed by atoms with E-state index >= 15 is 0 Å². The lowest BCUT2D eigenvalue weighted by Gasteiger charge is -2.21. The van der Waals surface area contributed by atoms with Crippen molar-refractivity contribution < 1.29 is 18.8 Å². The van der Waals surface area contributed by atoms with Gasteiger partial charge in [-0.2, -0.15) is 4.57 Å². The minimum absolute atomic E-state index is 0.311. The van der Waals surface area contributed by atoms with Crippen LogP contribution in [-0.4, -0.2) is 20.4 Å². The van der Waals surface area contributed by atoms with Gasteiger partial charge in [0.15, 0.2) is 24.2 Å². The van der Waals surface area contributed by atoms with Gasteiger partial charge in [0, 0.05) is 18.5 Å². The zero-order chi connectivity index (χ0) is 23.5. The molecule has 2 aliphatic rings. The van der Waals surface area contributed by atoms with Gasteiger partial charge in [-0.25, -0.2) is 0 Å². The van der Waals surface area contributed by atoms with Crippen LogP contribution in [0.3, 0.4) is 0 Å². The standard InChI is InChI=1S/C29H36N2O3/c1-4-6-8-9-14-30-28-24-18-31-15-13-20-16-26-27(34-19-33-26)17-23(20)29(31)22(10-7-5-2)21(24)11-12-25(28)32-3/h11-12,16-18H,4-10,13-15,19H2,1-3H3/p+1. The number of benzene rings is 2. The van der Waals surface area contributed by atoms with Crippen LogP contribution in [0, 0.1) is 0 Å². The normalized spacial score (nSPS) is 13.6. The smallest absolute Gasteiger partial charge is 0.231 e. The Hall–Kier alpha value is -2.95. The van der Waals surface area contributed by atoms with E-state index in [2.05, 4.69) is 54.2 Å². The van der Waals surface area contributed by atoms with Crippen molar-refractivity contribution in [2.75, 3.05) is 25.8 Å². The number of pyridine rings is 1. The number of ether oxygens (including phenoxy) is 3. The molecule has 0 spiro atoms. The van der Waals surface area contributed by atoms with Gasteiger partial charge in [0.2, 0.25) is 12.5 Å². The van der Waals surface area contributed by atoms with E-state index in [1.54, 1.807) is 7.11 Å². The van der Waals surface area contributed by atoms with Crippen LogP contribution >= 0.6 is 0 Å². The molecule has 0 saturated heterocycles. The monoisotopic (exact) mass is 461 g/mol. The van der Waals surface area contributed by atoms with Crippen molar-refractivity contribution in [2.24, 2.45) is 0 Å². The molecule has 0 aliphatic carbocycles. The zero-order valence-electron chi connectivity index (χ0n) is 20.8. The van der Waals surface area contributed by atoms with Gasteiger partial charge in [0.25, 0.3) is 0 Å². The number of unbranched alkanes of at least 4 members (excludes halogenated alkanes) is 4. The summed E-state index contributed by atoms with van der Waals surface area (Å²) in [6, 6.07) is 8.77. The van der Waals surface area contributed by atoms with Gasteiger partial charge in [-0.15, -0.1) is 0 Å². The summed E-state index contributed by atoms with van der Waals surface area (Å²) in [5.74, 6) is 2.66. The number of rotatable bonds is 10. The van der Waals surface area contributed by atoms with Gasteiger partial charge in [-0.1, -0.05) is 39.5 Å². The van der Waals surface area contributed by atoms with Gasteiger partial charge in [0.05, 0.1) is 23.7 Å². The Labute approximate surface area is 203 Å². The average Bonchev–Trinajstić information content (AvgIpc) is 3.32. The van der Waals surface area contributed by atoms with Gasteiger partial charge >= 0.3 is 0 Å². The highest BCUT2D eigenvalue weighted by atomic mass is 16.7. The van der Waals surface area contributed by atoms with E-state index < -0.39 is 0 Å². The first-order chi connectivity index (χ1) is 16.7. The summed E-state index contributed by atoms with van der Waals surface area (Å²) in [7, 11) is 1.77. The minimum Gasteiger partial charge on any atom is -0.495 e. The third kappa shape index (κ3) is 4.17. The lowest BCUT2D eigenvalue weighted by Crippen LogP contribution is -2.41. The fraction of sp³-hybridized carbons (Fsp3) is 0.483. The van der Waals surface area contributed by atoms with Crippen molar-refractivity contribution >= 4 is 16.5 Å². The highest BCUT2D eigenvalue weighted by Gasteiger charge is 2.31. The molecule has 0 atom stereocenters. The van der Waals surface area contributed by atoms with Crippen LogP contribution in [0.5, 0.6) is 17.2 Å². The topological polar surface area (TPSA) is 43.6 Å². The number of hydrogen-bond donors (Lipinski definition) is 1. The number of aromatic nitrogens is 1. The second-order valence-corrected chi connectivity index (χ2v) is 9.46. The predicted octanol–water partition coefficient (Wildman–Crippen LogP) is 6.42.